The molecule has 0 aliphatic carbocycles. The first-order valence-corrected chi connectivity index (χ1v) is 10.1. The number of aryl methyl sites for hydroxylation is 1. The molecule has 5 nitrogen and oxygen atoms in total. The molecule has 0 unspecified atom stereocenters. The van der Waals surface area contributed by atoms with Gasteiger partial charge in [-0.3, -0.25) is 9.59 Å². The molecule has 3 aromatic heterocycles. The molecule has 4 heterocycles. The number of rotatable bonds is 4. The summed E-state index contributed by atoms with van der Waals surface area (Å²) in [4.78, 5) is 29.1. The standard InChI is InChI=1S/C19H18N2O3S2/c1-12-11-16(20-18(22)14-6-3-9-24-14)26-17(12)19(23)21-8-2-5-13(21)15-7-4-10-25-15/h3-4,6-7,9-11,13H,2,5,8H2,1H3,(H,20,22)/t13-/m1/s1. The lowest BCUT2D eigenvalue weighted by molar-refractivity contribution is 0.0742. The van der Waals surface area contributed by atoms with Gasteiger partial charge in [-0.05, 0) is 55.0 Å². The number of nitrogens with one attached hydrogen (secondary N) is 1. The van der Waals surface area contributed by atoms with Crippen molar-refractivity contribution in [3.63, 3.8) is 0 Å². The molecule has 0 spiro atoms. The Hall–Kier alpha value is -2.38. The van der Waals surface area contributed by atoms with E-state index in [0.29, 0.717) is 9.88 Å². The molecule has 4 rings (SSSR count). The van der Waals surface area contributed by atoms with E-state index >= 15 is 0 Å². The number of carbonyl (C=O) groups is 2. The summed E-state index contributed by atoms with van der Waals surface area (Å²) < 4.78 is 5.11. The Morgan fingerprint density at radius 2 is 2.19 bits per heavy atom. The summed E-state index contributed by atoms with van der Waals surface area (Å²) in [5.41, 5.74) is 0.881. The third-order valence-electron chi connectivity index (χ3n) is 4.48. The monoisotopic (exact) mass is 386 g/mol. The lowest BCUT2D eigenvalue weighted by Gasteiger charge is -2.23. The van der Waals surface area contributed by atoms with E-state index in [4.69, 9.17) is 4.42 Å². The van der Waals surface area contributed by atoms with Crippen LogP contribution in [0.3, 0.4) is 0 Å². The van der Waals surface area contributed by atoms with Gasteiger partial charge >= 0.3 is 0 Å². The fourth-order valence-corrected chi connectivity index (χ4v) is 5.15. The molecule has 1 N–H and O–H groups in total. The Labute approximate surface area is 159 Å². The fourth-order valence-electron chi connectivity index (χ4n) is 3.25. The first kappa shape index (κ1) is 17.1. The van der Waals surface area contributed by atoms with Crippen LogP contribution in [0.2, 0.25) is 0 Å². The van der Waals surface area contributed by atoms with E-state index < -0.39 is 0 Å². The molecule has 26 heavy (non-hydrogen) atoms. The van der Waals surface area contributed by atoms with E-state index in [0.717, 1.165) is 24.9 Å². The van der Waals surface area contributed by atoms with Gasteiger partial charge in [-0.2, -0.15) is 0 Å². The molecule has 3 aromatic rings. The van der Waals surface area contributed by atoms with E-state index in [2.05, 4.69) is 16.8 Å². The maximum Gasteiger partial charge on any atom is 0.291 e. The topological polar surface area (TPSA) is 62.6 Å². The molecule has 1 atom stereocenters. The number of likely N-dealkylation sites (tertiary alicyclic amines) is 1. The van der Waals surface area contributed by atoms with Gasteiger partial charge in [0.15, 0.2) is 5.76 Å². The van der Waals surface area contributed by atoms with Crippen LogP contribution in [0.5, 0.6) is 0 Å². The molecule has 134 valence electrons. The molecule has 7 heteroatoms. The second-order valence-electron chi connectivity index (χ2n) is 6.23. The van der Waals surface area contributed by atoms with Crippen molar-refractivity contribution in [3.8, 4) is 0 Å². The van der Waals surface area contributed by atoms with Crippen molar-refractivity contribution >= 4 is 39.5 Å². The lowest BCUT2D eigenvalue weighted by Crippen LogP contribution is -2.29. The van der Waals surface area contributed by atoms with Crippen molar-refractivity contribution in [3.05, 3.63) is 63.1 Å². The highest BCUT2D eigenvalue weighted by Crippen LogP contribution is 2.37. The molecule has 2 amide bonds. The van der Waals surface area contributed by atoms with Gasteiger partial charge in [0, 0.05) is 11.4 Å². The lowest BCUT2D eigenvalue weighted by atomic mass is 10.2. The summed E-state index contributed by atoms with van der Waals surface area (Å²) in [6.07, 6.45) is 3.47. The van der Waals surface area contributed by atoms with Gasteiger partial charge in [0.25, 0.3) is 11.8 Å². The Bertz CT molecular complexity index is 913. The first-order valence-electron chi connectivity index (χ1n) is 8.43. The Balaban J connectivity index is 1.53. The van der Waals surface area contributed by atoms with Crippen molar-refractivity contribution in [1.29, 1.82) is 0 Å². The van der Waals surface area contributed by atoms with Crippen LogP contribution in [0.1, 0.15) is 49.6 Å². The molecule has 0 bridgehead atoms. The number of anilines is 1. The second kappa shape index (κ2) is 7.09. The van der Waals surface area contributed by atoms with E-state index in [1.807, 2.05) is 24.0 Å². The molecule has 0 aromatic carbocycles. The quantitative estimate of drug-likeness (QED) is 0.691. The SMILES string of the molecule is Cc1cc(NC(=O)c2ccco2)sc1C(=O)N1CCC[C@@H]1c1cccs1. The Morgan fingerprint density at radius 1 is 1.31 bits per heavy atom. The van der Waals surface area contributed by atoms with E-state index in [1.165, 1.54) is 22.5 Å². The van der Waals surface area contributed by atoms with Gasteiger partial charge in [-0.15, -0.1) is 22.7 Å². The number of hydrogen-bond acceptors (Lipinski definition) is 5. The van der Waals surface area contributed by atoms with Gasteiger partial charge in [0.2, 0.25) is 0 Å². The molecule has 1 aliphatic rings. The minimum atomic E-state index is -0.312. The van der Waals surface area contributed by atoms with E-state index in [-0.39, 0.29) is 23.6 Å². The molecule has 1 saturated heterocycles. The average Bonchev–Trinajstić information content (AvgIpc) is 3.40. The van der Waals surface area contributed by atoms with Crippen LogP contribution in [-0.4, -0.2) is 23.3 Å². The zero-order chi connectivity index (χ0) is 18.1. The number of thiophene rings is 2. The molecular formula is C19H18N2O3S2. The molecule has 1 fully saturated rings. The smallest absolute Gasteiger partial charge is 0.291 e. The van der Waals surface area contributed by atoms with Gasteiger partial charge in [-0.25, -0.2) is 0 Å². The van der Waals surface area contributed by atoms with Gasteiger partial charge in [0.05, 0.1) is 22.2 Å². The number of furan rings is 1. The van der Waals surface area contributed by atoms with Gasteiger partial charge in [0.1, 0.15) is 0 Å². The van der Waals surface area contributed by atoms with Crippen LogP contribution in [0.4, 0.5) is 5.00 Å². The van der Waals surface area contributed by atoms with Crippen molar-refractivity contribution in [2.45, 2.75) is 25.8 Å². The van der Waals surface area contributed by atoms with Crippen molar-refractivity contribution in [2.75, 3.05) is 11.9 Å². The maximum atomic E-state index is 13.1. The maximum absolute atomic E-state index is 13.1. The Kier molecular flexibility index (Phi) is 4.65. The third-order valence-corrected chi connectivity index (χ3v) is 6.59. The largest absolute Gasteiger partial charge is 0.459 e. The summed E-state index contributed by atoms with van der Waals surface area (Å²) in [5.74, 6) is -0.0176. The third kappa shape index (κ3) is 3.20. The number of nitrogens with zero attached hydrogens (tertiary/aromatic N) is 1. The molecule has 0 radical (unpaired) electrons. The van der Waals surface area contributed by atoms with Crippen LogP contribution >= 0.6 is 22.7 Å². The zero-order valence-corrected chi connectivity index (χ0v) is 15.9. The summed E-state index contributed by atoms with van der Waals surface area (Å²) in [7, 11) is 0. The highest BCUT2D eigenvalue weighted by Gasteiger charge is 2.32. The normalized spacial score (nSPS) is 16.8. The summed E-state index contributed by atoms with van der Waals surface area (Å²) in [6.45, 7) is 2.68. The zero-order valence-electron chi connectivity index (χ0n) is 14.2. The minimum Gasteiger partial charge on any atom is -0.459 e. The Morgan fingerprint density at radius 3 is 2.92 bits per heavy atom. The van der Waals surface area contributed by atoms with Crippen LogP contribution < -0.4 is 5.32 Å². The highest BCUT2D eigenvalue weighted by atomic mass is 32.1. The van der Waals surface area contributed by atoms with Crippen LogP contribution in [0, 0.1) is 6.92 Å². The molecule has 0 saturated carbocycles. The van der Waals surface area contributed by atoms with Crippen LogP contribution in [0.25, 0.3) is 0 Å². The van der Waals surface area contributed by atoms with Crippen molar-refractivity contribution in [2.24, 2.45) is 0 Å². The fraction of sp³-hybridized carbons (Fsp3) is 0.263. The number of carbonyl (C=O) groups excluding carboxylic acids is 2. The average molecular weight is 386 g/mol. The first-order chi connectivity index (χ1) is 12.6. The van der Waals surface area contributed by atoms with E-state index in [9.17, 15) is 9.59 Å². The van der Waals surface area contributed by atoms with Crippen molar-refractivity contribution < 1.29 is 14.0 Å². The summed E-state index contributed by atoms with van der Waals surface area (Å²) >= 11 is 3.01. The minimum absolute atomic E-state index is 0.0434. The number of amides is 2. The predicted octanol–water partition coefficient (Wildman–Crippen LogP) is 4.94. The molecular weight excluding hydrogens is 368 g/mol. The predicted molar refractivity (Wildman–Crippen MR) is 103 cm³/mol. The highest BCUT2D eigenvalue weighted by molar-refractivity contribution is 7.18. The van der Waals surface area contributed by atoms with Crippen LogP contribution in [-0.2, 0) is 0 Å². The van der Waals surface area contributed by atoms with Crippen molar-refractivity contribution in [1.82, 2.24) is 4.90 Å². The van der Waals surface area contributed by atoms with E-state index in [1.54, 1.807) is 23.5 Å². The summed E-state index contributed by atoms with van der Waals surface area (Å²) in [6, 6.07) is 9.40. The van der Waals surface area contributed by atoms with Gasteiger partial charge < -0.3 is 14.6 Å². The van der Waals surface area contributed by atoms with Crippen LogP contribution in [0.15, 0.2) is 46.4 Å². The number of hydrogen-bond donors (Lipinski definition) is 1. The summed E-state index contributed by atoms with van der Waals surface area (Å²) in [5, 5.41) is 5.51. The van der Waals surface area contributed by atoms with Gasteiger partial charge in [-0.1, -0.05) is 6.07 Å². The molecule has 1 aliphatic heterocycles. The second-order valence-corrected chi connectivity index (χ2v) is 8.26.